The quantitative estimate of drug-likeness (QED) is 0.0828. The number of para-hydroxylation sites is 10. The molecule has 23 rings (SSSR count). The second-order valence-corrected chi connectivity index (χ2v) is 42.5. The lowest BCUT2D eigenvalue weighted by atomic mass is 9.85. The molecule has 10 nitrogen and oxygen atoms in total. The Morgan fingerprint density at radius 1 is 0.160 bits per heavy atom. The molecule has 7 aliphatic carbocycles. The first-order valence-corrected chi connectivity index (χ1v) is 54.1. The van der Waals surface area contributed by atoms with Crippen LogP contribution in [-0.4, -0.2) is 30.8 Å². The van der Waals surface area contributed by atoms with Crippen LogP contribution in [0.25, 0.3) is 5.70 Å². The summed E-state index contributed by atoms with van der Waals surface area (Å²) in [7, 11) is 0. The van der Waals surface area contributed by atoms with Gasteiger partial charge in [-0.15, -0.1) is 0 Å². The van der Waals surface area contributed by atoms with Gasteiger partial charge in [0.05, 0.1) is 5.70 Å². The van der Waals surface area contributed by atoms with E-state index in [4.69, 9.17) is 0 Å². The first-order valence-electron chi connectivity index (χ1n) is 54.1. The Labute approximate surface area is 872 Å². The molecular formula is C134H176N10. The summed E-state index contributed by atoms with van der Waals surface area (Å²) in [6.07, 6.45) is 41.2. The fraction of sp³-hybridized carbons (Fsp3) is 0.433. The van der Waals surface area contributed by atoms with E-state index in [9.17, 15) is 0 Å². The van der Waals surface area contributed by atoms with Crippen molar-refractivity contribution in [2.75, 3.05) is 49.0 Å². The molecule has 10 heteroatoms. The Balaban J connectivity index is 0.000000142. The van der Waals surface area contributed by atoms with Crippen LogP contribution in [0.3, 0.4) is 0 Å². The molecule has 5 heterocycles. The maximum atomic E-state index is 2.77. The van der Waals surface area contributed by atoms with E-state index in [1.54, 1.807) is 11.4 Å². The normalized spacial score (nSPS) is 21.2. The summed E-state index contributed by atoms with van der Waals surface area (Å²) in [6.45, 7) is 27.5. The van der Waals surface area contributed by atoms with E-state index < -0.39 is 0 Å². The van der Waals surface area contributed by atoms with Gasteiger partial charge in [0.1, 0.15) is 30.8 Å². The summed E-state index contributed by atoms with van der Waals surface area (Å²) in [6, 6.07) is 111. The molecule has 0 radical (unpaired) electrons. The first kappa shape index (κ1) is 108. The Bertz CT molecular complexity index is 5920. The van der Waals surface area contributed by atoms with Crippen LogP contribution in [0, 0.1) is 76.0 Å². The summed E-state index contributed by atoms with van der Waals surface area (Å²) in [4.78, 5) is 26.6. The van der Waals surface area contributed by atoms with Gasteiger partial charge < -0.3 is 49.0 Å². The molecule has 0 spiro atoms. The molecule has 0 amide bonds. The number of allylic oxidation sites excluding steroid dienone is 9. The third kappa shape index (κ3) is 22.1. The second kappa shape index (κ2) is 49.8. The summed E-state index contributed by atoms with van der Waals surface area (Å²) in [5.41, 5.74) is 36.0. The van der Waals surface area contributed by atoms with Gasteiger partial charge in [-0.05, 0) is 327 Å². The lowest BCUT2D eigenvalue weighted by Gasteiger charge is -2.40. The van der Waals surface area contributed by atoms with Crippen molar-refractivity contribution in [1.82, 2.24) is 0 Å². The van der Waals surface area contributed by atoms with Crippen LogP contribution in [0.15, 0.2) is 355 Å². The van der Waals surface area contributed by atoms with Crippen LogP contribution >= 0.6 is 0 Å². The van der Waals surface area contributed by atoms with Crippen LogP contribution in [-0.2, 0) is 0 Å². The van der Waals surface area contributed by atoms with E-state index in [1.165, 1.54) is 322 Å². The number of benzene rings is 11. The Morgan fingerprint density at radius 3 is 0.597 bits per heavy atom. The maximum absolute atomic E-state index is 2.77. The highest BCUT2D eigenvalue weighted by Crippen LogP contribution is 2.56. The van der Waals surface area contributed by atoms with E-state index in [2.05, 4.69) is 435 Å². The molecular weight excluding hydrogens is 1750 g/mol. The monoisotopic (exact) mass is 1930 g/mol. The molecule has 144 heavy (non-hydrogen) atoms. The molecule has 7 saturated carbocycles. The third-order valence-corrected chi connectivity index (χ3v) is 34.0. The van der Waals surface area contributed by atoms with Crippen LogP contribution in [0.2, 0.25) is 0 Å². The highest BCUT2D eigenvalue weighted by Gasteiger charge is 2.51. The summed E-state index contributed by atoms with van der Waals surface area (Å²) in [5, 5.41) is 0. The summed E-state index contributed by atoms with van der Waals surface area (Å²) < 4.78 is 0. The van der Waals surface area contributed by atoms with Gasteiger partial charge in [-0.2, -0.15) is 0 Å². The van der Waals surface area contributed by atoms with Gasteiger partial charge in [0.2, 0.25) is 0 Å². The second-order valence-electron chi connectivity index (χ2n) is 42.5. The van der Waals surface area contributed by atoms with Crippen molar-refractivity contribution < 1.29 is 0 Å². The van der Waals surface area contributed by atoms with E-state index >= 15 is 0 Å². The molecule has 5 atom stereocenters. The molecule has 12 aliphatic rings. The predicted octanol–water partition coefficient (Wildman–Crippen LogP) is 37.5. The van der Waals surface area contributed by atoms with Crippen molar-refractivity contribution in [3.63, 3.8) is 0 Å². The lowest BCUT2D eigenvalue weighted by molar-refractivity contribution is 0.380. The molecule has 0 bridgehead atoms. The van der Waals surface area contributed by atoms with Crippen LogP contribution < -0.4 is 49.0 Å². The number of rotatable bonds is 18. The molecule has 762 valence electrons. The van der Waals surface area contributed by atoms with E-state index in [-0.39, 0.29) is 37.1 Å². The predicted molar refractivity (Wildman–Crippen MR) is 625 cm³/mol. The number of nitrogens with zero attached hydrogens (tertiary/aromatic N) is 10. The van der Waals surface area contributed by atoms with Gasteiger partial charge >= 0.3 is 0 Å². The van der Waals surface area contributed by atoms with Gasteiger partial charge in [0.25, 0.3) is 0 Å². The number of anilines is 10. The fourth-order valence-electron chi connectivity index (χ4n) is 27.1. The highest BCUT2D eigenvalue weighted by molar-refractivity contribution is 5.90. The summed E-state index contributed by atoms with van der Waals surface area (Å²) >= 11 is 0. The molecule has 0 saturated heterocycles. The van der Waals surface area contributed by atoms with Crippen molar-refractivity contribution in [3.8, 4) is 0 Å². The smallest absolute Gasteiger partial charge is 0.114 e. The average Bonchev–Trinajstić information content (AvgIpc) is 1.58. The third-order valence-electron chi connectivity index (χ3n) is 34.0. The molecule has 5 unspecified atom stereocenters. The van der Waals surface area contributed by atoms with Gasteiger partial charge in [0.15, 0.2) is 0 Å². The minimum Gasteiger partial charge on any atom is -0.322 e. The lowest BCUT2D eigenvalue weighted by Crippen LogP contribution is -2.46. The molecule has 11 aromatic rings. The summed E-state index contributed by atoms with van der Waals surface area (Å²) in [5.74, 6) is 4.93. The van der Waals surface area contributed by atoms with Gasteiger partial charge in [-0.1, -0.05) is 346 Å². The average molecular weight is 1930 g/mol. The van der Waals surface area contributed by atoms with Crippen molar-refractivity contribution in [2.45, 2.75) is 337 Å². The zero-order valence-corrected chi connectivity index (χ0v) is 85.8. The zero-order chi connectivity index (χ0) is 95.6. The maximum Gasteiger partial charge on any atom is 0.114 e. The number of hydrogen-bond acceptors (Lipinski definition) is 10. The Morgan fingerprint density at radius 2 is 0.340 bits per heavy atom. The SMILES string of the molecule is C.C.C.C.C.CC1=C(C)N(c2ccccc2C)C(C2CCCC2)N1c1ccccc1.CC1=C(C)N(c2ccccc2C)C(C2CCCC2)N1c1ccccc1.CC1=C(C2CCCC2)N(c2ccccc2)C(C2CCCC2)N1c1ccccc1C.CC1=C(C2CCCCC2)N(c2ccccc2)C(C2CCCC2)N1c1ccccc1C.CC1=C(c2ccccc2)N(c2ccccc2)C(C2CCCC2)N1c1ccccc1C. The van der Waals surface area contributed by atoms with E-state index in [0.717, 1.165) is 11.8 Å². The molecule has 5 aliphatic heterocycles. The first-order chi connectivity index (χ1) is 68.1. The van der Waals surface area contributed by atoms with Crippen molar-refractivity contribution in [1.29, 1.82) is 0 Å². The van der Waals surface area contributed by atoms with Gasteiger partial charge in [-0.25, -0.2) is 0 Å². The molecule has 0 aromatic heterocycles. The van der Waals surface area contributed by atoms with Gasteiger partial charge in [0, 0.05) is 120 Å². The minimum atomic E-state index is 0. The van der Waals surface area contributed by atoms with E-state index in [1.807, 2.05) is 0 Å². The van der Waals surface area contributed by atoms with E-state index in [0.29, 0.717) is 60.4 Å². The van der Waals surface area contributed by atoms with Crippen LogP contribution in [0.5, 0.6) is 0 Å². The Kier molecular flexibility index (Phi) is 37.3. The molecule has 7 fully saturated rings. The molecule has 11 aromatic carbocycles. The minimum absolute atomic E-state index is 0. The van der Waals surface area contributed by atoms with Gasteiger partial charge in [-0.3, -0.25) is 0 Å². The van der Waals surface area contributed by atoms with Crippen LogP contribution in [0.4, 0.5) is 56.9 Å². The largest absolute Gasteiger partial charge is 0.322 e. The van der Waals surface area contributed by atoms with Crippen molar-refractivity contribution in [3.05, 3.63) is 388 Å². The fourth-order valence-corrected chi connectivity index (χ4v) is 27.1. The highest BCUT2D eigenvalue weighted by atomic mass is 15.5. The van der Waals surface area contributed by atoms with Crippen molar-refractivity contribution in [2.24, 2.45) is 41.4 Å². The van der Waals surface area contributed by atoms with Crippen LogP contribution in [0.1, 0.15) is 305 Å². The standard InChI is InChI=1S/C28H36N2.C28H30N2.C27H34N2.2C23H28N2.5CH4/c2*1-21-13-9-12-20-26(21)29-22(2)27(23-14-5-3-6-15-23)30(25-18-7-4-8-19-25)28(29)24-16-10-11-17-24;1-20-12-6-11-19-25(20)28-21(2)26(22-13-7-8-14-22)29(24-17-4-3-5-18-24)27(28)23-15-9-10-16-23;2*1-17-11-7-10-16-22(17)25-19(3)18(2)24(21-14-5-4-6-15-21)23(25)20-12-8-9-13-20;;;;;/h4,7-9,12-13,18-20,23-24,28H,3,5-6,10-11,14-17H2,1-2H3;3-9,12-15,18-20,24,28H,10-11,16-17H2,1-2H3;3-6,11-12,17-19,22-23,27H,7-10,13-16H2,1-2H3;2*4-7,10-11,14-16,20,23H,8-9,12-13H2,1-3H3;5*1H4. The number of hydrogen-bond donors (Lipinski definition) is 0. The zero-order valence-electron chi connectivity index (χ0n) is 85.8. The molecule has 0 N–H and O–H groups in total. The topological polar surface area (TPSA) is 32.4 Å². The van der Waals surface area contributed by atoms with Crippen molar-refractivity contribution >= 4 is 62.6 Å². The number of aryl methyl sites for hydroxylation is 5. The Hall–Kier alpha value is -11.9.